The molecule has 1 aliphatic rings. The number of nitrogens with one attached hydrogen (secondary N) is 2. The van der Waals surface area contributed by atoms with Gasteiger partial charge in [-0.15, -0.1) is 0 Å². The lowest BCUT2D eigenvalue weighted by Crippen LogP contribution is -2.46. The van der Waals surface area contributed by atoms with Crippen molar-refractivity contribution >= 4 is 10.9 Å². The molecular weight excluding hydrogens is 250 g/mol. The predicted molar refractivity (Wildman–Crippen MR) is 81.9 cm³/mol. The van der Waals surface area contributed by atoms with Crippen molar-refractivity contribution < 1.29 is 4.74 Å². The summed E-state index contributed by atoms with van der Waals surface area (Å²) in [6.07, 6.45) is 2.41. The number of aromatic nitrogens is 1. The van der Waals surface area contributed by atoms with Gasteiger partial charge in [0, 0.05) is 43.3 Å². The van der Waals surface area contributed by atoms with Crippen molar-refractivity contribution in [2.75, 3.05) is 32.8 Å². The van der Waals surface area contributed by atoms with Crippen LogP contribution in [-0.4, -0.2) is 48.8 Å². The zero-order chi connectivity index (χ0) is 13.8. The van der Waals surface area contributed by atoms with Crippen LogP contribution >= 0.6 is 0 Å². The fourth-order valence-corrected chi connectivity index (χ4v) is 2.84. The van der Waals surface area contributed by atoms with E-state index in [9.17, 15) is 0 Å². The van der Waals surface area contributed by atoms with Crippen molar-refractivity contribution in [3.05, 3.63) is 36.0 Å². The standard InChI is InChI=1S/C16H23N3O/c1-2-19-7-8-20-14(12-19)11-17-9-13-10-18-16-6-4-3-5-15(13)16/h3-6,10,14,17-18H,2,7-9,11-12H2,1H3. The van der Waals surface area contributed by atoms with Gasteiger partial charge >= 0.3 is 0 Å². The third-order valence-corrected chi connectivity index (χ3v) is 4.03. The van der Waals surface area contributed by atoms with Crippen LogP contribution in [0.2, 0.25) is 0 Å². The third kappa shape index (κ3) is 3.03. The number of aromatic amines is 1. The maximum atomic E-state index is 5.80. The van der Waals surface area contributed by atoms with Crippen LogP contribution in [0.15, 0.2) is 30.5 Å². The Morgan fingerprint density at radius 1 is 1.40 bits per heavy atom. The largest absolute Gasteiger partial charge is 0.374 e. The molecule has 4 heteroatoms. The minimum atomic E-state index is 0.314. The lowest BCUT2D eigenvalue weighted by molar-refractivity contribution is -0.0253. The number of fused-ring (bicyclic) bond motifs is 1. The highest BCUT2D eigenvalue weighted by atomic mass is 16.5. The number of rotatable bonds is 5. The number of benzene rings is 1. The second kappa shape index (κ2) is 6.39. The molecule has 0 bridgehead atoms. The number of hydrogen-bond donors (Lipinski definition) is 2. The molecular formula is C16H23N3O. The summed E-state index contributed by atoms with van der Waals surface area (Å²) in [7, 11) is 0. The minimum absolute atomic E-state index is 0.314. The average molecular weight is 273 g/mol. The van der Waals surface area contributed by atoms with Gasteiger partial charge in [0.1, 0.15) is 0 Å². The van der Waals surface area contributed by atoms with E-state index in [2.05, 4.69) is 52.6 Å². The molecule has 1 aliphatic heterocycles. The number of H-pyrrole nitrogens is 1. The first-order chi connectivity index (χ1) is 9.86. The fraction of sp³-hybridized carbons (Fsp3) is 0.500. The molecule has 2 N–H and O–H groups in total. The molecule has 1 atom stereocenters. The smallest absolute Gasteiger partial charge is 0.0826 e. The summed E-state index contributed by atoms with van der Waals surface area (Å²) in [6, 6.07) is 8.43. The van der Waals surface area contributed by atoms with Gasteiger partial charge in [-0.1, -0.05) is 25.1 Å². The fourth-order valence-electron chi connectivity index (χ4n) is 2.84. The molecule has 1 saturated heterocycles. The van der Waals surface area contributed by atoms with Crippen molar-refractivity contribution in [1.29, 1.82) is 0 Å². The summed E-state index contributed by atoms with van der Waals surface area (Å²) in [5.74, 6) is 0. The van der Waals surface area contributed by atoms with Crippen LogP contribution in [0.1, 0.15) is 12.5 Å². The SMILES string of the molecule is CCN1CCOC(CNCc2c[nH]c3ccccc23)C1. The summed E-state index contributed by atoms with van der Waals surface area (Å²) in [4.78, 5) is 5.76. The van der Waals surface area contributed by atoms with Gasteiger partial charge in [-0.05, 0) is 18.2 Å². The molecule has 0 spiro atoms. The third-order valence-electron chi connectivity index (χ3n) is 4.03. The zero-order valence-corrected chi connectivity index (χ0v) is 12.1. The van der Waals surface area contributed by atoms with Gasteiger partial charge in [-0.3, -0.25) is 4.90 Å². The topological polar surface area (TPSA) is 40.3 Å². The van der Waals surface area contributed by atoms with Crippen LogP contribution in [0, 0.1) is 0 Å². The second-order valence-electron chi connectivity index (χ2n) is 5.38. The zero-order valence-electron chi connectivity index (χ0n) is 12.1. The Labute approximate surface area is 120 Å². The van der Waals surface area contributed by atoms with Crippen molar-refractivity contribution in [1.82, 2.24) is 15.2 Å². The maximum Gasteiger partial charge on any atom is 0.0826 e. The molecule has 3 rings (SSSR count). The van der Waals surface area contributed by atoms with Gasteiger partial charge in [0.2, 0.25) is 0 Å². The first-order valence-electron chi connectivity index (χ1n) is 7.46. The number of likely N-dealkylation sites (N-methyl/N-ethyl adjacent to an activating group) is 1. The molecule has 1 unspecified atom stereocenters. The summed E-state index contributed by atoms with van der Waals surface area (Å²) in [5, 5.41) is 4.83. The monoisotopic (exact) mass is 273 g/mol. The van der Waals surface area contributed by atoms with Crippen LogP contribution in [0.5, 0.6) is 0 Å². The maximum absolute atomic E-state index is 5.80. The van der Waals surface area contributed by atoms with Gasteiger partial charge in [-0.25, -0.2) is 0 Å². The number of nitrogens with zero attached hydrogens (tertiary/aromatic N) is 1. The highest BCUT2D eigenvalue weighted by molar-refractivity contribution is 5.82. The van der Waals surface area contributed by atoms with E-state index in [0.29, 0.717) is 6.10 Å². The Morgan fingerprint density at radius 2 is 2.30 bits per heavy atom. The molecule has 1 fully saturated rings. The molecule has 2 heterocycles. The van der Waals surface area contributed by atoms with Crippen LogP contribution < -0.4 is 5.32 Å². The highest BCUT2D eigenvalue weighted by Gasteiger charge is 2.18. The van der Waals surface area contributed by atoms with E-state index in [1.54, 1.807) is 0 Å². The van der Waals surface area contributed by atoms with Gasteiger partial charge in [-0.2, -0.15) is 0 Å². The molecule has 108 valence electrons. The molecule has 0 saturated carbocycles. The Bertz CT molecular complexity index is 551. The Balaban J connectivity index is 1.52. The Hall–Kier alpha value is -1.36. The highest BCUT2D eigenvalue weighted by Crippen LogP contribution is 2.17. The van der Waals surface area contributed by atoms with Crippen LogP contribution in [0.3, 0.4) is 0 Å². The van der Waals surface area contributed by atoms with Crippen molar-refractivity contribution in [2.45, 2.75) is 19.6 Å². The molecule has 1 aromatic carbocycles. The molecule has 0 amide bonds. The van der Waals surface area contributed by atoms with Crippen LogP contribution in [0.4, 0.5) is 0 Å². The van der Waals surface area contributed by atoms with E-state index in [1.165, 1.54) is 16.5 Å². The first-order valence-corrected chi connectivity index (χ1v) is 7.46. The van der Waals surface area contributed by atoms with Crippen molar-refractivity contribution in [2.24, 2.45) is 0 Å². The van der Waals surface area contributed by atoms with Gasteiger partial charge < -0.3 is 15.0 Å². The van der Waals surface area contributed by atoms with E-state index >= 15 is 0 Å². The van der Waals surface area contributed by atoms with E-state index < -0.39 is 0 Å². The van der Waals surface area contributed by atoms with Crippen LogP contribution in [0.25, 0.3) is 10.9 Å². The first kappa shape index (κ1) is 13.6. The summed E-state index contributed by atoms with van der Waals surface area (Å²) >= 11 is 0. The van der Waals surface area contributed by atoms with E-state index in [-0.39, 0.29) is 0 Å². The predicted octanol–water partition coefficient (Wildman–Crippen LogP) is 1.98. The summed E-state index contributed by atoms with van der Waals surface area (Å²) in [6.45, 7) is 8.08. The van der Waals surface area contributed by atoms with Gasteiger partial charge in [0.15, 0.2) is 0 Å². The van der Waals surface area contributed by atoms with Crippen LogP contribution in [-0.2, 0) is 11.3 Å². The average Bonchev–Trinajstić information content (AvgIpc) is 2.91. The number of morpholine rings is 1. The molecule has 4 nitrogen and oxygen atoms in total. The summed E-state index contributed by atoms with van der Waals surface area (Å²) in [5.41, 5.74) is 2.53. The molecule has 0 aliphatic carbocycles. The van der Waals surface area contributed by atoms with E-state index in [4.69, 9.17) is 4.74 Å². The van der Waals surface area contributed by atoms with E-state index in [1.807, 2.05) is 0 Å². The van der Waals surface area contributed by atoms with Gasteiger partial charge in [0.05, 0.1) is 12.7 Å². The quantitative estimate of drug-likeness (QED) is 0.875. The van der Waals surface area contributed by atoms with Gasteiger partial charge in [0.25, 0.3) is 0 Å². The van der Waals surface area contributed by atoms with Crippen molar-refractivity contribution in [3.63, 3.8) is 0 Å². The lowest BCUT2D eigenvalue weighted by atomic mass is 10.2. The number of para-hydroxylation sites is 1. The summed E-state index contributed by atoms with van der Waals surface area (Å²) < 4.78 is 5.80. The minimum Gasteiger partial charge on any atom is -0.374 e. The molecule has 2 aromatic rings. The number of ether oxygens (including phenoxy) is 1. The number of hydrogen-bond acceptors (Lipinski definition) is 3. The Kier molecular flexibility index (Phi) is 4.35. The molecule has 0 radical (unpaired) electrons. The molecule has 20 heavy (non-hydrogen) atoms. The second-order valence-corrected chi connectivity index (χ2v) is 5.38. The normalized spacial score (nSPS) is 20.6. The lowest BCUT2D eigenvalue weighted by Gasteiger charge is -2.32. The van der Waals surface area contributed by atoms with E-state index in [0.717, 1.165) is 39.3 Å². The van der Waals surface area contributed by atoms with Crippen molar-refractivity contribution in [3.8, 4) is 0 Å². The molecule has 1 aromatic heterocycles. The Morgan fingerprint density at radius 3 is 3.20 bits per heavy atom.